The van der Waals surface area contributed by atoms with Crippen LogP contribution in [0.25, 0.3) is 0 Å². The van der Waals surface area contributed by atoms with Crippen molar-refractivity contribution in [2.75, 3.05) is 52.5 Å². The summed E-state index contributed by atoms with van der Waals surface area (Å²) in [5.74, 6) is -0.830. The van der Waals surface area contributed by atoms with Gasteiger partial charge in [0.25, 0.3) is 0 Å². The van der Waals surface area contributed by atoms with Gasteiger partial charge in [-0.15, -0.1) is 0 Å². The molecule has 0 atom stereocenters. The van der Waals surface area contributed by atoms with Crippen molar-refractivity contribution in [3.8, 4) is 0 Å². The highest BCUT2D eigenvalue weighted by atomic mass is 16.7. The van der Waals surface area contributed by atoms with E-state index in [2.05, 4.69) is 0 Å². The molecule has 3 saturated heterocycles. The summed E-state index contributed by atoms with van der Waals surface area (Å²) in [7, 11) is 0. The quantitative estimate of drug-likeness (QED) is 0.646. The average molecular weight is 367 g/mol. The molecule has 1 spiro atoms. The summed E-state index contributed by atoms with van der Waals surface area (Å²) in [6, 6.07) is 0. The van der Waals surface area contributed by atoms with Crippen LogP contribution in [0.3, 0.4) is 0 Å². The molecule has 8 heteroatoms. The predicted octanol–water partition coefficient (Wildman–Crippen LogP) is 0.0688. The number of piperazine rings is 1. The van der Waals surface area contributed by atoms with E-state index in [1.54, 1.807) is 28.5 Å². The number of hydrogen-bond acceptors (Lipinski definition) is 5. The van der Waals surface area contributed by atoms with E-state index in [-0.39, 0.29) is 17.7 Å². The SMILES string of the molecule is CC(=O)N1CCN(C(=O)C(C)(C)C(=O)N2CCC3(CC2)OCCO3)CC1. The molecule has 3 aliphatic rings. The number of carbonyl (C=O) groups excluding carboxylic acids is 3. The number of ether oxygens (including phenoxy) is 2. The van der Waals surface area contributed by atoms with Gasteiger partial charge in [-0.1, -0.05) is 0 Å². The molecule has 0 N–H and O–H groups in total. The van der Waals surface area contributed by atoms with Gasteiger partial charge in [0.2, 0.25) is 17.7 Å². The second-order valence-corrected chi connectivity index (χ2v) is 7.82. The third-order valence-electron chi connectivity index (χ3n) is 5.71. The minimum absolute atomic E-state index is 0.0195. The minimum Gasteiger partial charge on any atom is -0.347 e. The fourth-order valence-electron chi connectivity index (χ4n) is 3.94. The van der Waals surface area contributed by atoms with Crippen molar-refractivity contribution in [3.63, 3.8) is 0 Å². The lowest BCUT2D eigenvalue weighted by Crippen LogP contribution is -2.58. The maximum Gasteiger partial charge on any atom is 0.237 e. The normalized spacial score (nSPS) is 23.4. The van der Waals surface area contributed by atoms with E-state index in [1.165, 1.54) is 6.92 Å². The Labute approximate surface area is 154 Å². The highest BCUT2D eigenvalue weighted by Crippen LogP contribution is 2.33. The zero-order valence-electron chi connectivity index (χ0n) is 16.0. The van der Waals surface area contributed by atoms with Crippen LogP contribution in [-0.4, -0.2) is 90.7 Å². The Hall–Kier alpha value is -1.67. The van der Waals surface area contributed by atoms with E-state index >= 15 is 0 Å². The Kier molecular flexibility index (Phi) is 5.25. The van der Waals surface area contributed by atoms with Crippen molar-refractivity contribution in [3.05, 3.63) is 0 Å². The molecular weight excluding hydrogens is 338 g/mol. The first kappa shape index (κ1) is 19.1. The van der Waals surface area contributed by atoms with Crippen molar-refractivity contribution >= 4 is 17.7 Å². The molecule has 0 aromatic rings. The Bertz CT molecular complexity index is 567. The summed E-state index contributed by atoms with van der Waals surface area (Å²) < 4.78 is 11.4. The zero-order valence-corrected chi connectivity index (χ0v) is 16.0. The number of piperidine rings is 1. The number of amides is 3. The first-order valence-electron chi connectivity index (χ1n) is 9.37. The molecule has 3 rings (SSSR count). The van der Waals surface area contributed by atoms with Crippen LogP contribution in [0.1, 0.15) is 33.6 Å². The topological polar surface area (TPSA) is 79.4 Å². The van der Waals surface area contributed by atoms with Gasteiger partial charge in [0.05, 0.1) is 13.2 Å². The second-order valence-electron chi connectivity index (χ2n) is 7.82. The van der Waals surface area contributed by atoms with Gasteiger partial charge in [-0.2, -0.15) is 0 Å². The molecule has 0 aliphatic carbocycles. The maximum absolute atomic E-state index is 13.0. The molecule has 3 amide bonds. The fourth-order valence-corrected chi connectivity index (χ4v) is 3.94. The molecule has 146 valence electrons. The summed E-state index contributed by atoms with van der Waals surface area (Å²) in [6.45, 7) is 9.18. The van der Waals surface area contributed by atoms with Crippen LogP contribution in [0.4, 0.5) is 0 Å². The summed E-state index contributed by atoms with van der Waals surface area (Å²) in [5.41, 5.74) is -1.11. The monoisotopic (exact) mass is 367 g/mol. The second kappa shape index (κ2) is 7.15. The molecule has 3 heterocycles. The predicted molar refractivity (Wildman–Crippen MR) is 93.1 cm³/mol. The summed E-state index contributed by atoms with van der Waals surface area (Å²) in [4.78, 5) is 42.6. The van der Waals surface area contributed by atoms with Gasteiger partial charge >= 0.3 is 0 Å². The van der Waals surface area contributed by atoms with Crippen molar-refractivity contribution in [2.45, 2.75) is 39.4 Å². The number of rotatable bonds is 2. The maximum atomic E-state index is 13.0. The molecule has 0 unspecified atom stereocenters. The van der Waals surface area contributed by atoms with Crippen molar-refractivity contribution in [2.24, 2.45) is 5.41 Å². The van der Waals surface area contributed by atoms with Gasteiger partial charge in [0.1, 0.15) is 5.41 Å². The van der Waals surface area contributed by atoms with E-state index in [1.807, 2.05) is 0 Å². The Morgan fingerprint density at radius 3 is 1.65 bits per heavy atom. The number of nitrogens with zero attached hydrogens (tertiary/aromatic N) is 3. The van der Waals surface area contributed by atoms with Crippen LogP contribution in [0.2, 0.25) is 0 Å². The Balaban J connectivity index is 1.58. The highest BCUT2D eigenvalue weighted by Gasteiger charge is 2.46. The van der Waals surface area contributed by atoms with Crippen LogP contribution < -0.4 is 0 Å². The fraction of sp³-hybridized carbons (Fsp3) is 0.833. The third kappa shape index (κ3) is 3.57. The molecule has 3 aliphatic heterocycles. The third-order valence-corrected chi connectivity index (χ3v) is 5.71. The summed E-state index contributed by atoms with van der Waals surface area (Å²) in [5, 5.41) is 0. The molecule has 0 bridgehead atoms. The van der Waals surface area contributed by atoms with Crippen LogP contribution >= 0.6 is 0 Å². The lowest BCUT2D eigenvalue weighted by atomic mass is 9.88. The van der Waals surface area contributed by atoms with E-state index in [0.717, 1.165) is 0 Å². The van der Waals surface area contributed by atoms with Gasteiger partial charge in [-0.3, -0.25) is 14.4 Å². The number of carbonyl (C=O) groups is 3. The van der Waals surface area contributed by atoms with Gasteiger partial charge < -0.3 is 24.2 Å². The van der Waals surface area contributed by atoms with E-state index < -0.39 is 11.2 Å². The molecule has 0 aromatic carbocycles. The molecular formula is C18H29N3O5. The smallest absolute Gasteiger partial charge is 0.237 e. The Morgan fingerprint density at radius 2 is 1.19 bits per heavy atom. The van der Waals surface area contributed by atoms with E-state index in [0.29, 0.717) is 65.3 Å². The molecule has 3 fully saturated rings. The first-order valence-corrected chi connectivity index (χ1v) is 9.37. The standard InChI is InChI=1S/C18H29N3O5/c1-14(22)19-8-10-21(11-9-19)16(24)17(2,3)15(23)20-6-4-18(5-7-20)25-12-13-26-18/h4-13H2,1-3H3. The zero-order chi connectivity index (χ0) is 18.9. The lowest BCUT2D eigenvalue weighted by Gasteiger charge is -2.42. The van der Waals surface area contributed by atoms with Crippen LogP contribution in [0.5, 0.6) is 0 Å². The van der Waals surface area contributed by atoms with E-state index in [4.69, 9.17) is 9.47 Å². The van der Waals surface area contributed by atoms with Gasteiger partial charge in [-0.05, 0) is 13.8 Å². The van der Waals surface area contributed by atoms with Crippen molar-refractivity contribution < 1.29 is 23.9 Å². The van der Waals surface area contributed by atoms with Gasteiger partial charge in [0, 0.05) is 59.0 Å². The molecule has 0 saturated carbocycles. The van der Waals surface area contributed by atoms with E-state index in [9.17, 15) is 14.4 Å². The molecule has 0 radical (unpaired) electrons. The molecule has 26 heavy (non-hydrogen) atoms. The summed E-state index contributed by atoms with van der Waals surface area (Å²) in [6.07, 6.45) is 1.28. The summed E-state index contributed by atoms with van der Waals surface area (Å²) >= 11 is 0. The minimum atomic E-state index is -1.11. The van der Waals surface area contributed by atoms with Crippen molar-refractivity contribution in [1.82, 2.24) is 14.7 Å². The molecule has 8 nitrogen and oxygen atoms in total. The van der Waals surface area contributed by atoms with Crippen molar-refractivity contribution in [1.29, 1.82) is 0 Å². The van der Waals surface area contributed by atoms with Gasteiger partial charge in [0.15, 0.2) is 5.79 Å². The highest BCUT2D eigenvalue weighted by molar-refractivity contribution is 6.04. The van der Waals surface area contributed by atoms with Crippen LogP contribution in [0.15, 0.2) is 0 Å². The number of hydrogen-bond donors (Lipinski definition) is 0. The first-order chi connectivity index (χ1) is 12.3. The van der Waals surface area contributed by atoms with Crippen LogP contribution in [-0.2, 0) is 23.9 Å². The van der Waals surface area contributed by atoms with Crippen LogP contribution in [0, 0.1) is 5.41 Å². The average Bonchev–Trinajstić information content (AvgIpc) is 3.09. The Morgan fingerprint density at radius 1 is 0.769 bits per heavy atom. The lowest BCUT2D eigenvalue weighted by molar-refractivity contribution is -0.190. The molecule has 0 aromatic heterocycles. The van der Waals surface area contributed by atoms with Gasteiger partial charge in [-0.25, -0.2) is 0 Å². The number of likely N-dealkylation sites (tertiary alicyclic amines) is 1. The largest absolute Gasteiger partial charge is 0.347 e.